The van der Waals surface area contributed by atoms with Gasteiger partial charge in [-0.25, -0.2) is 14.2 Å². The first-order valence-electron chi connectivity index (χ1n) is 8.63. The van der Waals surface area contributed by atoms with Crippen molar-refractivity contribution < 1.29 is 23.5 Å². The number of hydrogen-bond acceptors (Lipinski definition) is 7. The van der Waals surface area contributed by atoms with Crippen LogP contribution < -0.4 is 9.64 Å². The highest BCUT2D eigenvalue weighted by Crippen LogP contribution is 2.29. The third-order valence-corrected chi connectivity index (χ3v) is 5.21. The highest BCUT2D eigenvalue weighted by Gasteiger charge is 2.15. The number of carbonyl (C=O) groups is 2. The van der Waals surface area contributed by atoms with Gasteiger partial charge in [-0.15, -0.1) is 0 Å². The highest BCUT2D eigenvalue weighted by molar-refractivity contribution is 7.22. The van der Waals surface area contributed by atoms with Gasteiger partial charge in [0.05, 0.1) is 22.9 Å². The first-order valence-corrected chi connectivity index (χ1v) is 9.45. The number of thiazole rings is 1. The van der Waals surface area contributed by atoms with E-state index >= 15 is 0 Å². The largest absolute Gasteiger partial charge is 0.469 e. The smallest absolute Gasteiger partial charge is 0.343 e. The first kappa shape index (κ1) is 19.8. The molecule has 0 atom stereocenters. The Bertz CT molecular complexity index is 1000. The summed E-state index contributed by atoms with van der Waals surface area (Å²) in [6.45, 7) is 0.650. The van der Waals surface area contributed by atoms with E-state index in [1.54, 1.807) is 24.3 Å². The van der Waals surface area contributed by atoms with E-state index in [0.29, 0.717) is 24.9 Å². The molecule has 0 unspecified atom stereocenters. The van der Waals surface area contributed by atoms with Crippen LogP contribution in [-0.2, 0) is 9.53 Å². The van der Waals surface area contributed by atoms with Gasteiger partial charge in [-0.05, 0) is 36.8 Å². The van der Waals surface area contributed by atoms with Crippen molar-refractivity contribution in [2.45, 2.75) is 12.8 Å². The molecule has 3 rings (SSSR count). The molecular weight excluding hydrogens is 383 g/mol. The molecule has 0 spiro atoms. The van der Waals surface area contributed by atoms with E-state index in [2.05, 4.69) is 9.72 Å². The van der Waals surface area contributed by atoms with Crippen LogP contribution >= 0.6 is 11.3 Å². The Morgan fingerprint density at radius 2 is 2.00 bits per heavy atom. The number of aromatic nitrogens is 1. The zero-order valence-corrected chi connectivity index (χ0v) is 16.3. The molecule has 0 fully saturated rings. The minimum absolute atomic E-state index is 0.108. The Labute approximate surface area is 165 Å². The summed E-state index contributed by atoms with van der Waals surface area (Å²) in [7, 11) is 3.26. The fraction of sp³-hybridized carbons (Fsp3) is 0.250. The van der Waals surface area contributed by atoms with E-state index in [0.717, 1.165) is 15.3 Å². The van der Waals surface area contributed by atoms with Gasteiger partial charge < -0.3 is 14.4 Å². The van der Waals surface area contributed by atoms with Crippen LogP contribution in [0, 0.1) is 5.82 Å². The average molecular weight is 402 g/mol. The zero-order valence-electron chi connectivity index (χ0n) is 15.5. The number of hydrogen-bond donors (Lipinski definition) is 0. The maximum Gasteiger partial charge on any atom is 0.343 e. The molecule has 28 heavy (non-hydrogen) atoms. The number of para-hydroxylation sites is 1. The van der Waals surface area contributed by atoms with Crippen molar-refractivity contribution in [1.29, 1.82) is 0 Å². The Hall–Kier alpha value is -3.00. The number of anilines is 1. The van der Waals surface area contributed by atoms with Crippen LogP contribution in [0.25, 0.3) is 10.2 Å². The first-order chi connectivity index (χ1) is 13.5. The van der Waals surface area contributed by atoms with Crippen LogP contribution in [-0.4, -0.2) is 37.6 Å². The lowest BCUT2D eigenvalue weighted by Gasteiger charge is -2.14. The van der Waals surface area contributed by atoms with Crippen LogP contribution in [0.4, 0.5) is 9.52 Å². The molecule has 0 radical (unpaired) electrons. The second-order valence-corrected chi connectivity index (χ2v) is 7.11. The van der Waals surface area contributed by atoms with Crippen LogP contribution in [0.1, 0.15) is 23.2 Å². The Balaban J connectivity index is 1.71. The molecule has 0 N–H and O–H groups in total. The molecule has 3 aromatic rings. The van der Waals surface area contributed by atoms with Gasteiger partial charge in [0.1, 0.15) is 0 Å². The van der Waals surface area contributed by atoms with Crippen molar-refractivity contribution in [3.05, 3.63) is 53.8 Å². The van der Waals surface area contributed by atoms with Crippen LogP contribution in [0.15, 0.2) is 42.5 Å². The predicted molar refractivity (Wildman–Crippen MR) is 105 cm³/mol. The lowest BCUT2D eigenvalue weighted by atomic mass is 10.2. The highest BCUT2D eigenvalue weighted by atomic mass is 32.1. The van der Waals surface area contributed by atoms with Crippen LogP contribution in [0.3, 0.4) is 0 Å². The van der Waals surface area contributed by atoms with Crippen molar-refractivity contribution in [3.63, 3.8) is 0 Å². The van der Waals surface area contributed by atoms with Crippen molar-refractivity contribution in [1.82, 2.24) is 4.98 Å². The Kier molecular flexibility index (Phi) is 6.20. The van der Waals surface area contributed by atoms with E-state index in [4.69, 9.17) is 4.74 Å². The lowest BCUT2D eigenvalue weighted by molar-refractivity contribution is -0.140. The molecule has 0 amide bonds. The zero-order chi connectivity index (χ0) is 20.1. The topological polar surface area (TPSA) is 68.7 Å². The van der Waals surface area contributed by atoms with Gasteiger partial charge in [-0.3, -0.25) is 4.79 Å². The molecule has 0 saturated carbocycles. The molecule has 1 heterocycles. The monoisotopic (exact) mass is 402 g/mol. The van der Waals surface area contributed by atoms with Crippen LogP contribution in [0.5, 0.6) is 5.75 Å². The third-order valence-electron chi connectivity index (χ3n) is 4.08. The summed E-state index contributed by atoms with van der Waals surface area (Å²) in [6.07, 6.45) is 0.997. The SMILES string of the molecule is COC(=O)CCCN(C)c1nc2ccc(C(=O)Oc3ccccc3F)cc2s1. The van der Waals surface area contributed by atoms with E-state index in [-0.39, 0.29) is 11.7 Å². The molecule has 0 bridgehead atoms. The summed E-state index contributed by atoms with van der Waals surface area (Å²) < 4.78 is 24.3. The molecule has 8 heteroatoms. The summed E-state index contributed by atoms with van der Waals surface area (Å²) in [5, 5.41) is 0.777. The van der Waals surface area contributed by atoms with E-state index in [1.807, 2.05) is 11.9 Å². The predicted octanol–water partition coefficient (Wildman–Crippen LogP) is 4.04. The van der Waals surface area contributed by atoms with Crippen molar-refractivity contribution in [2.75, 3.05) is 25.6 Å². The molecule has 0 aliphatic rings. The molecule has 2 aromatic carbocycles. The number of ether oxygens (including phenoxy) is 2. The number of rotatable bonds is 7. The van der Waals surface area contributed by atoms with Gasteiger partial charge in [0.15, 0.2) is 16.7 Å². The summed E-state index contributed by atoms with van der Waals surface area (Å²) in [6, 6.07) is 10.8. The minimum atomic E-state index is -0.631. The quantitative estimate of drug-likeness (QED) is 0.439. The molecule has 1 aromatic heterocycles. The number of fused-ring (bicyclic) bond motifs is 1. The lowest BCUT2D eigenvalue weighted by Crippen LogP contribution is -2.19. The molecule has 0 saturated heterocycles. The fourth-order valence-electron chi connectivity index (χ4n) is 2.55. The van der Waals surface area contributed by atoms with Crippen molar-refractivity contribution in [3.8, 4) is 5.75 Å². The number of methoxy groups -OCH3 is 1. The summed E-state index contributed by atoms with van der Waals surface area (Å²) in [5.41, 5.74) is 1.07. The van der Waals surface area contributed by atoms with E-state index < -0.39 is 11.8 Å². The second kappa shape index (κ2) is 8.79. The second-order valence-electron chi connectivity index (χ2n) is 6.10. The van der Waals surface area contributed by atoms with Gasteiger partial charge in [-0.2, -0.15) is 0 Å². The third kappa shape index (κ3) is 4.64. The molecule has 146 valence electrons. The number of halogens is 1. The maximum absolute atomic E-state index is 13.7. The van der Waals surface area contributed by atoms with Gasteiger partial charge in [0, 0.05) is 20.0 Å². The number of esters is 2. The van der Waals surface area contributed by atoms with Gasteiger partial charge in [0.2, 0.25) is 0 Å². The fourth-order valence-corrected chi connectivity index (χ4v) is 3.54. The van der Waals surface area contributed by atoms with E-state index in [1.165, 1.54) is 36.6 Å². The number of carbonyl (C=O) groups excluding carboxylic acids is 2. The van der Waals surface area contributed by atoms with Crippen molar-refractivity contribution >= 4 is 38.6 Å². The average Bonchev–Trinajstić information content (AvgIpc) is 3.13. The minimum Gasteiger partial charge on any atom is -0.469 e. The normalized spacial score (nSPS) is 10.7. The Morgan fingerprint density at radius 1 is 1.21 bits per heavy atom. The van der Waals surface area contributed by atoms with Crippen molar-refractivity contribution in [2.24, 2.45) is 0 Å². The maximum atomic E-state index is 13.7. The van der Waals surface area contributed by atoms with Gasteiger partial charge >= 0.3 is 11.9 Å². The van der Waals surface area contributed by atoms with Gasteiger partial charge in [0.25, 0.3) is 0 Å². The molecular formula is C20H19FN2O4S. The summed E-state index contributed by atoms with van der Waals surface area (Å²) in [4.78, 5) is 30.0. The van der Waals surface area contributed by atoms with E-state index in [9.17, 15) is 14.0 Å². The standard InChI is InChI=1S/C20H19FN2O4S/c1-23(11-5-8-18(24)26-2)20-22-15-10-9-13(12-17(15)28-20)19(25)27-16-7-4-3-6-14(16)21/h3-4,6-7,9-10,12H,5,8,11H2,1-2H3. The molecule has 0 aliphatic carbocycles. The number of nitrogens with zero attached hydrogens (tertiary/aromatic N) is 2. The summed E-state index contributed by atoms with van der Waals surface area (Å²) >= 11 is 1.43. The molecule has 0 aliphatic heterocycles. The van der Waals surface area contributed by atoms with Gasteiger partial charge in [-0.1, -0.05) is 23.5 Å². The summed E-state index contributed by atoms with van der Waals surface area (Å²) in [5.74, 6) is -1.57. The van der Waals surface area contributed by atoms with Crippen LogP contribution in [0.2, 0.25) is 0 Å². The number of benzene rings is 2. The molecule has 6 nitrogen and oxygen atoms in total. The Morgan fingerprint density at radius 3 is 2.75 bits per heavy atom.